The summed E-state index contributed by atoms with van der Waals surface area (Å²) in [5.41, 5.74) is 1.44. The van der Waals surface area contributed by atoms with Crippen LogP contribution in [0.25, 0.3) is 0 Å². The number of rotatable bonds is 3. The normalized spacial score (nSPS) is 18.5. The maximum atomic E-state index is 12.6. The van der Waals surface area contributed by atoms with Gasteiger partial charge in [-0.2, -0.15) is 0 Å². The molecule has 1 saturated carbocycles. The second-order valence-corrected chi connectivity index (χ2v) is 8.07. The highest BCUT2D eigenvalue weighted by molar-refractivity contribution is 6.32. The first kappa shape index (κ1) is 18.4. The van der Waals surface area contributed by atoms with Crippen LogP contribution in [0.1, 0.15) is 37.7 Å². The zero-order valence-corrected chi connectivity index (χ0v) is 16.7. The van der Waals surface area contributed by atoms with Crippen molar-refractivity contribution >= 4 is 23.2 Å². The molecule has 1 fully saturated rings. The van der Waals surface area contributed by atoms with E-state index in [-0.39, 0.29) is 12.3 Å². The molecule has 0 saturated heterocycles. The molecule has 0 bridgehead atoms. The van der Waals surface area contributed by atoms with Crippen molar-refractivity contribution in [2.75, 3.05) is 18.5 Å². The number of carbonyl (C=O) groups excluding carboxylic acids is 1. The lowest BCUT2D eigenvalue weighted by Gasteiger charge is -2.21. The topological polar surface area (TPSA) is 66.0 Å². The van der Waals surface area contributed by atoms with Gasteiger partial charge < -0.3 is 24.3 Å². The van der Waals surface area contributed by atoms with Crippen molar-refractivity contribution < 1.29 is 23.7 Å². The summed E-state index contributed by atoms with van der Waals surface area (Å²) >= 11 is 6.32. The SMILES string of the molecule is O=C(Cc1cc(Cl)c2c(c1)OCCCO2)Nc1ccc2c(c1)OC1(CCCC1)O2. The van der Waals surface area contributed by atoms with E-state index in [0.717, 1.165) is 43.4 Å². The van der Waals surface area contributed by atoms with Crippen LogP contribution in [0.3, 0.4) is 0 Å². The number of hydrogen-bond donors (Lipinski definition) is 1. The largest absolute Gasteiger partial charge is 0.489 e. The third-order valence-corrected chi connectivity index (χ3v) is 5.69. The first-order valence-electron chi connectivity index (χ1n) is 10.0. The second kappa shape index (κ2) is 7.34. The van der Waals surface area contributed by atoms with Gasteiger partial charge in [-0.25, -0.2) is 0 Å². The van der Waals surface area contributed by atoms with Gasteiger partial charge in [0.1, 0.15) is 0 Å². The van der Waals surface area contributed by atoms with Gasteiger partial charge in [-0.05, 0) is 42.7 Å². The second-order valence-electron chi connectivity index (χ2n) is 7.66. The van der Waals surface area contributed by atoms with E-state index in [4.69, 9.17) is 30.5 Å². The molecule has 1 spiro atoms. The van der Waals surface area contributed by atoms with E-state index in [0.29, 0.717) is 41.2 Å². The third kappa shape index (κ3) is 3.69. The van der Waals surface area contributed by atoms with Gasteiger partial charge in [0.25, 0.3) is 5.79 Å². The summed E-state index contributed by atoms with van der Waals surface area (Å²) in [7, 11) is 0. The van der Waals surface area contributed by atoms with E-state index in [1.807, 2.05) is 24.3 Å². The minimum atomic E-state index is -0.508. The standard InChI is InChI=1S/C22H22ClNO5/c23-16-10-14(11-19-21(16)27-9-3-8-26-19)12-20(25)24-15-4-5-17-18(13-15)29-22(28-17)6-1-2-7-22/h4-5,10-11,13H,1-3,6-9,12H2,(H,24,25). The minimum absolute atomic E-state index is 0.148. The molecule has 29 heavy (non-hydrogen) atoms. The van der Waals surface area contributed by atoms with Crippen molar-refractivity contribution in [3.8, 4) is 23.0 Å². The Balaban J connectivity index is 1.27. The molecule has 3 aliphatic rings. The Kier molecular flexibility index (Phi) is 4.66. The van der Waals surface area contributed by atoms with Crippen LogP contribution in [0.2, 0.25) is 5.02 Å². The van der Waals surface area contributed by atoms with Crippen molar-refractivity contribution in [2.24, 2.45) is 0 Å². The Labute approximate surface area is 174 Å². The molecule has 1 N–H and O–H groups in total. The van der Waals surface area contributed by atoms with Crippen molar-refractivity contribution in [1.29, 1.82) is 0 Å². The summed E-state index contributed by atoms with van der Waals surface area (Å²) in [6.45, 7) is 1.13. The van der Waals surface area contributed by atoms with Crippen molar-refractivity contribution in [3.63, 3.8) is 0 Å². The smallest absolute Gasteiger partial charge is 0.251 e. The van der Waals surface area contributed by atoms with Crippen LogP contribution in [0.15, 0.2) is 30.3 Å². The van der Waals surface area contributed by atoms with Crippen molar-refractivity contribution in [3.05, 3.63) is 40.9 Å². The fraction of sp³-hybridized carbons (Fsp3) is 0.409. The maximum Gasteiger partial charge on any atom is 0.251 e. The zero-order valence-electron chi connectivity index (χ0n) is 16.0. The molecular weight excluding hydrogens is 394 g/mol. The molecule has 0 aromatic heterocycles. The number of amides is 1. The summed E-state index contributed by atoms with van der Waals surface area (Å²) in [6, 6.07) is 9.06. The summed E-state index contributed by atoms with van der Waals surface area (Å²) in [5.74, 6) is 1.90. The number of fused-ring (bicyclic) bond motifs is 2. The van der Waals surface area contributed by atoms with Crippen LogP contribution in [-0.2, 0) is 11.2 Å². The molecule has 0 atom stereocenters. The van der Waals surface area contributed by atoms with Gasteiger partial charge in [0.2, 0.25) is 5.91 Å². The van der Waals surface area contributed by atoms with E-state index in [1.165, 1.54) is 0 Å². The Hall–Kier alpha value is -2.60. The molecule has 152 valence electrons. The van der Waals surface area contributed by atoms with E-state index in [2.05, 4.69) is 5.32 Å². The molecular formula is C22H22ClNO5. The van der Waals surface area contributed by atoms with Gasteiger partial charge >= 0.3 is 0 Å². The summed E-state index contributed by atoms with van der Waals surface area (Å²) in [6.07, 6.45) is 4.98. The lowest BCUT2D eigenvalue weighted by atomic mass is 10.1. The van der Waals surface area contributed by atoms with Crippen molar-refractivity contribution in [2.45, 2.75) is 44.3 Å². The van der Waals surface area contributed by atoms with Gasteiger partial charge in [-0.1, -0.05) is 11.6 Å². The van der Waals surface area contributed by atoms with Crippen LogP contribution in [0.5, 0.6) is 23.0 Å². The molecule has 2 aliphatic heterocycles. The zero-order chi connectivity index (χ0) is 19.8. The predicted molar refractivity (Wildman–Crippen MR) is 108 cm³/mol. The van der Waals surface area contributed by atoms with Gasteiger partial charge in [-0.3, -0.25) is 4.79 Å². The molecule has 1 aliphatic carbocycles. The highest BCUT2D eigenvalue weighted by Gasteiger charge is 2.44. The summed E-state index contributed by atoms with van der Waals surface area (Å²) in [5, 5.41) is 3.38. The Morgan fingerprint density at radius 1 is 0.966 bits per heavy atom. The fourth-order valence-corrected chi connectivity index (χ4v) is 4.35. The lowest BCUT2D eigenvalue weighted by Crippen LogP contribution is -2.34. The first-order chi connectivity index (χ1) is 14.1. The molecule has 0 radical (unpaired) electrons. The molecule has 7 heteroatoms. The maximum absolute atomic E-state index is 12.6. The van der Waals surface area contributed by atoms with E-state index < -0.39 is 5.79 Å². The molecule has 2 aromatic carbocycles. The number of anilines is 1. The van der Waals surface area contributed by atoms with Gasteiger partial charge in [0, 0.05) is 31.0 Å². The Morgan fingerprint density at radius 3 is 2.62 bits per heavy atom. The van der Waals surface area contributed by atoms with Crippen molar-refractivity contribution in [1.82, 2.24) is 0 Å². The third-order valence-electron chi connectivity index (χ3n) is 5.41. The number of nitrogens with one attached hydrogen (secondary N) is 1. The predicted octanol–water partition coefficient (Wildman–Crippen LogP) is 4.72. The first-order valence-corrected chi connectivity index (χ1v) is 10.4. The van der Waals surface area contributed by atoms with Crippen LogP contribution >= 0.6 is 11.6 Å². The van der Waals surface area contributed by atoms with E-state index >= 15 is 0 Å². The minimum Gasteiger partial charge on any atom is -0.489 e. The molecule has 2 aromatic rings. The van der Waals surface area contributed by atoms with Crippen LogP contribution < -0.4 is 24.3 Å². The van der Waals surface area contributed by atoms with Crippen LogP contribution in [-0.4, -0.2) is 24.9 Å². The number of benzene rings is 2. The Bertz CT molecular complexity index is 954. The lowest BCUT2D eigenvalue weighted by molar-refractivity contribution is -0.115. The monoisotopic (exact) mass is 415 g/mol. The average Bonchev–Trinajstić information content (AvgIpc) is 3.20. The van der Waals surface area contributed by atoms with E-state index in [9.17, 15) is 4.79 Å². The van der Waals surface area contributed by atoms with Crippen LogP contribution in [0, 0.1) is 0 Å². The number of hydrogen-bond acceptors (Lipinski definition) is 5. The quantitative estimate of drug-likeness (QED) is 0.785. The number of ether oxygens (including phenoxy) is 4. The van der Waals surface area contributed by atoms with Gasteiger partial charge in [-0.15, -0.1) is 0 Å². The molecule has 2 heterocycles. The molecule has 5 rings (SSSR count). The summed E-state index contributed by atoms with van der Waals surface area (Å²) in [4.78, 5) is 12.6. The highest BCUT2D eigenvalue weighted by atomic mass is 35.5. The molecule has 1 amide bonds. The average molecular weight is 416 g/mol. The highest BCUT2D eigenvalue weighted by Crippen LogP contribution is 2.47. The molecule has 0 unspecified atom stereocenters. The van der Waals surface area contributed by atoms with Gasteiger partial charge in [0.15, 0.2) is 23.0 Å². The summed E-state index contributed by atoms with van der Waals surface area (Å²) < 4.78 is 23.4. The van der Waals surface area contributed by atoms with E-state index in [1.54, 1.807) is 6.07 Å². The number of halogens is 1. The fourth-order valence-electron chi connectivity index (χ4n) is 4.07. The van der Waals surface area contributed by atoms with Crippen LogP contribution in [0.4, 0.5) is 5.69 Å². The Morgan fingerprint density at radius 2 is 1.76 bits per heavy atom. The molecule has 6 nitrogen and oxygen atoms in total. The van der Waals surface area contributed by atoms with Gasteiger partial charge in [0.05, 0.1) is 24.7 Å². The number of carbonyl (C=O) groups is 1.